The summed E-state index contributed by atoms with van der Waals surface area (Å²) >= 11 is 0. The van der Waals surface area contributed by atoms with Crippen LogP contribution in [-0.4, -0.2) is 32.3 Å². The molecular weight excluding hydrogens is 390 g/mol. The van der Waals surface area contributed by atoms with Gasteiger partial charge in [-0.15, -0.1) is 0 Å². The van der Waals surface area contributed by atoms with E-state index in [0.29, 0.717) is 0 Å². The van der Waals surface area contributed by atoms with Crippen molar-refractivity contribution in [3.8, 4) is 11.5 Å². The van der Waals surface area contributed by atoms with Gasteiger partial charge in [0.15, 0.2) is 0 Å². The van der Waals surface area contributed by atoms with Crippen molar-refractivity contribution >= 4 is 17.4 Å². The molecule has 1 aliphatic heterocycles. The first kappa shape index (κ1) is 21.3. The summed E-state index contributed by atoms with van der Waals surface area (Å²) < 4.78 is 10.8. The summed E-state index contributed by atoms with van der Waals surface area (Å²) in [7, 11) is 3.34. The number of carbonyl (C=O) groups is 1. The maximum Gasteiger partial charge on any atom is 0.322 e. The first-order valence-electron chi connectivity index (χ1n) is 11.3. The maximum absolute atomic E-state index is 13.3. The number of carbonyl (C=O) groups excluding carboxylic acids is 1. The maximum atomic E-state index is 13.3. The number of urea groups is 1. The predicted molar refractivity (Wildman–Crippen MR) is 124 cm³/mol. The van der Waals surface area contributed by atoms with Gasteiger partial charge in [-0.05, 0) is 68.7 Å². The van der Waals surface area contributed by atoms with Gasteiger partial charge in [0.05, 0.1) is 25.9 Å². The molecule has 0 radical (unpaired) electrons. The minimum Gasteiger partial charge on any atom is -0.497 e. The van der Waals surface area contributed by atoms with Gasteiger partial charge in [0.25, 0.3) is 0 Å². The van der Waals surface area contributed by atoms with E-state index in [1.165, 1.54) is 19.3 Å². The average Bonchev–Trinajstić information content (AvgIpc) is 2.80. The first-order valence-corrected chi connectivity index (χ1v) is 11.3. The Labute approximate surface area is 184 Å². The number of benzene rings is 2. The molecule has 1 aliphatic carbocycles. The van der Waals surface area contributed by atoms with Crippen molar-refractivity contribution in [1.82, 2.24) is 5.32 Å². The van der Waals surface area contributed by atoms with Crippen LogP contribution in [0.15, 0.2) is 42.5 Å². The molecule has 2 aromatic rings. The number of hydrogen-bond acceptors (Lipinski definition) is 4. The number of nitrogens with one attached hydrogen (secondary N) is 2. The summed E-state index contributed by atoms with van der Waals surface area (Å²) in [6, 6.07) is 14.4. The Morgan fingerprint density at radius 1 is 0.968 bits per heavy atom. The molecule has 31 heavy (non-hydrogen) atoms. The van der Waals surface area contributed by atoms with Crippen molar-refractivity contribution in [3.63, 3.8) is 0 Å². The molecule has 1 heterocycles. The summed E-state index contributed by atoms with van der Waals surface area (Å²) in [5.41, 5.74) is 3.04. The molecule has 0 bridgehead atoms. The van der Waals surface area contributed by atoms with Crippen LogP contribution in [0.25, 0.3) is 0 Å². The molecule has 2 unspecified atom stereocenters. The van der Waals surface area contributed by atoms with Gasteiger partial charge in [0.2, 0.25) is 0 Å². The summed E-state index contributed by atoms with van der Waals surface area (Å²) in [5, 5.41) is 6.93. The number of anilines is 2. The molecule has 2 aromatic carbocycles. The molecule has 0 aromatic heterocycles. The number of rotatable bonds is 5. The van der Waals surface area contributed by atoms with E-state index < -0.39 is 0 Å². The Morgan fingerprint density at radius 2 is 1.65 bits per heavy atom. The fourth-order valence-electron chi connectivity index (χ4n) is 4.79. The van der Waals surface area contributed by atoms with Crippen LogP contribution in [0.2, 0.25) is 0 Å². The molecule has 6 nitrogen and oxygen atoms in total. The molecule has 166 valence electrons. The molecule has 6 heteroatoms. The lowest BCUT2D eigenvalue weighted by molar-refractivity contribution is 0.235. The number of fused-ring (bicyclic) bond motifs is 1. The van der Waals surface area contributed by atoms with Gasteiger partial charge in [0.1, 0.15) is 11.5 Å². The standard InChI is InChI=1S/C25H33N3O3/c1-17-15-23(26-19-9-11-20(30-2)12-10-19)22-16-21(31-3)13-14-24(22)28(17)25(29)27-18-7-5-4-6-8-18/h9-14,16-18,23,26H,4-8,15H2,1-3H3,(H,27,29). The van der Waals surface area contributed by atoms with Gasteiger partial charge in [0, 0.05) is 23.3 Å². The Kier molecular flexibility index (Phi) is 6.54. The summed E-state index contributed by atoms with van der Waals surface area (Å²) in [5.74, 6) is 1.62. The SMILES string of the molecule is COc1ccc(NC2CC(C)N(C(=O)NC3CCCCC3)c3ccc(OC)cc32)cc1. The molecule has 2 aliphatic rings. The second kappa shape index (κ2) is 9.50. The fourth-order valence-corrected chi connectivity index (χ4v) is 4.79. The lowest BCUT2D eigenvalue weighted by Gasteiger charge is -2.40. The molecular formula is C25H33N3O3. The summed E-state index contributed by atoms with van der Waals surface area (Å²) in [4.78, 5) is 15.2. The normalized spacial score (nSPS) is 21.2. The van der Waals surface area contributed by atoms with Crippen molar-refractivity contribution < 1.29 is 14.3 Å². The van der Waals surface area contributed by atoms with Crippen LogP contribution < -0.4 is 25.0 Å². The van der Waals surface area contributed by atoms with E-state index in [9.17, 15) is 4.79 Å². The topological polar surface area (TPSA) is 62.8 Å². The van der Waals surface area contributed by atoms with Gasteiger partial charge in [-0.3, -0.25) is 4.90 Å². The van der Waals surface area contributed by atoms with Gasteiger partial charge in [-0.25, -0.2) is 4.79 Å². The van der Waals surface area contributed by atoms with Gasteiger partial charge in [-0.1, -0.05) is 19.3 Å². The Morgan fingerprint density at radius 3 is 2.32 bits per heavy atom. The van der Waals surface area contributed by atoms with E-state index in [1.807, 2.05) is 47.4 Å². The Hall–Kier alpha value is -2.89. The lowest BCUT2D eigenvalue weighted by Crippen LogP contribution is -2.51. The fraction of sp³-hybridized carbons (Fsp3) is 0.480. The van der Waals surface area contributed by atoms with Crippen molar-refractivity contribution in [2.75, 3.05) is 24.4 Å². The monoisotopic (exact) mass is 423 g/mol. The Balaban J connectivity index is 1.59. The van der Waals surface area contributed by atoms with Gasteiger partial charge in [-0.2, -0.15) is 0 Å². The zero-order valence-corrected chi connectivity index (χ0v) is 18.7. The van der Waals surface area contributed by atoms with Crippen LogP contribution in [-0.2, 0) is 0 Å². The minimum absolute atomic E-state index is 0.00807. The van der Waals surface area contributed by atoms with E-state index in [1.54, 1.807) is 14.2 Å². The van der Waals surface area contributed by atoms with E-state index in [0.717, 1.165) is 47.7 Å². The highest BCUT2D eigenvalue weighted by atomic mass is 16.5. The molecule has 2 atom stereocenters. The lowest BCUT2D eigenvalue weighted by atomic mass is 9.91. The number of nitrogens with zero attached hydrogens (tertiary/aromatic N) is 1. The average molecular weight is 424 g/mol. The van der Waals surface area contributed by atoms with Crippen LogP contribution in [0.1, 0.15) is 57.1 Å². The van der Waals surface area contributed by atoms with E-state index >= 15 is 0 Å². The van der Waals surface area contributed by atoms with Crippen molar-refractivity contribution in [2.45, 2.75) is 63.6 Å². The zero-order chi connectivity index (χ0) is 21.8. The molecule has 0 spiro atoms. The van der Waals surface area contributed by atoms with Gasteiger partial charge < -0.3 is 20.1 Å². The predicted octanol–water partition coefficient (Wildman–Crippen LogP) is 5.50. The molecule has 1 saturated carbocycles. The van der Waals surface area contributed by atoms with E-state index in [2.05, 4.69) is 17.6 Å². The van der Waals surface area contributed by atoms with Crippen LogP contribution in [0.3, 0.4) is 0 Å². The van der Waals surface area contributed by atoms with Crippen LogP contribution in [0.5, 0.6) is 11.5 Å². The van der Waals surface area contributed by atoms with Crippen LogP contribution >= 0.6 is 0 Å². The Bertz CT molecular complexity index is 893. The van der Waals surface area contributed by atoms with Crippen molar-refractivity contribution in [1.29, 1.82) is 0 Å². The third kappa shape index (κ3) is 4.73. The quantitative estimate of drug-likeness (QED) is 0.667. The molecule has 1 fully saturated rings. The highest BCUT2D eigenvalue weighted by Gasteiger charge is 2.35. The molecule has 0 saturated heterocycles. The number of amides is 2. The summed E-state index contributed by atoms with van der Waals surface area (Å²) in [6.45, 7) is 2.12. The smallest absolute Gasteiger partial charge is 0.322 e. The van der Waals surface area contributed by atoms with Crippen molar-refractivity contribution in [2.24, 2.45) is 0 Å². The number of hydrogen-bond donors (Lipinski definition) is 2. The highest BCUT2D eigenvalue weighted by molar-refractivity contribution is 5.94. The first-order chi connectivity index (χ1) is 15.1. The van der Waals surface area contributed by atoms with E-state index in [-0.39, 0.29) is 24.2 Å². The number of methoxy groups -OCH3 is 2. The summed E-state index contributed by atoms with van der Waals surface area (Å²) in [6.07, 6.45) is 6.62. The van der Waals surface area contributed by atoms with Crippen LogP contribution in [0.4, 0.5) is 16.2 Å². The molecule has 2 amide bonds. The highest BCUT2D eigenvalue weighted by Crippen LogP contribution is 2.41. The van der Waals surface area contributed by atoms with Crippen molar-refractivity contribution in [3.05, 3.63) is 48.0 Å². The second-order valence-corrected chi connectivity index (χ2v) is 8.59. The van der Waals surface area contributed by atoms with Crippen LogP contribution in [0, 0.1) is 0 Å². The molecule has 4 rings (SSSR count). The number of ether oxygens (including phenoxy) is 2. The van der Waals surface area contributed by atoms with E-state index in [4.69, 9.17) is 9.47 Å². The molecule has 2 N–H and O–H groups in total. The third-order valence-electron chi connectivity index (χ3n) is 6.47. The minimum atomic E-state index is 0.00807. The second-order valence-electron chi connectivity index (χ2n) is 8.59. The zero-order valence-electron chi connectivity index (χ0n) is 18.7. The third-order valence-corrected chi connectivity index (χ3v) is 6.47. The van der Waals surface area contributed by atoms with Gasteiger partial charge >= 0.3 is 6.03 Å². The largest absolute Gasteiger partial charge is 0.497 e.